The summed E-state index contributed by atoms with van der Waals surface area (Å²) in [5.74, 6) is -2.30. The van der Waals surface area contributed by atoms with E-state index in [2.05, 4.69) is 10.3 Å². The fourth-order valence-electron chi connectivity index (χ4n) is 3.13. The number of esters is 1. The van der Waals surface area contributed by atoms with Gasteiger partial charge in [0.1, 0.15) is 17.3 Å². The lowest BCUT2D eigenvalue weighted by atomic mass is 10.1. The van der Waals surface area contributed by atoms with Crippen molar-refractivity contribution in [3.8, 4) is 0 Å². The molecule has 0 unspecified atom stereocenters. The van der Waals surface area contributed by atoms with Crippen molar-refractivity contribution in [2.24, 2.45) is 0 Å². The Kier molecular flexibility index (Phi) is 4.32. The van der Waals surface area contributed by atoms with Gasteiger partial charge in [-0.2, -0.15) is 0 Å². The van der Waals surface area contributed by atoms with E-state index in [-0.39, 0.29) is 23.6 Å². The summed E-state index contributed by atoms with van der Waals surface area (Å²) in [7, 11) is 1.28. The van der Waals surface area contributed by atoms with Crippen molar-refractivity contribution >= 4 is 11.9 Å². The highest BCUT2D eigenvalue weighted by Gasteiger charge is 2.41. The predicted molar refractivity (Wildman–Crippen MR) is 86.6 cm³/mol. The molecule has 1 amide bonds. The van der Waals surface area contributed by atoms with Gasteiger partial charge in [-0.05, 0) is 37.5 Å². The van der Waals surface area contributed by atoms with E-state index in [1.54, 1.807) is 13.8 Å². The highest BCUT2D eigenvalue weighted by atomic mass is 19.1. The third-order valence-electron chi connectivity index (χ3n) is 4.52. The first kappa shape index (κ1) is 17.1. The van der Waals surface area contributed by atoms with Gasteiger partial charge in [-0.25, -0.2) is 13.6 Å². The Labute approximate surface area is 143 Å². The van der Waals surface area contributed by atoms with Crippen LogP contribution in [0.25, 0.3) is 0 Å². The number of H-pyrrole nitrogens is 1. The second kappa shape index (κ2) is 6.31. The van der Waals surface area contributed by atoms with Gasteiger partial charge in [-0.15, -0.1) is 0 Å². The van der Waals surface area contributed by atoms with Crippen LogP contribution in [0, 0.1) is 25.5 Å². The van der Waals surface area contributed by atoms with E-state index in [4.69, 9.17) is 4.74 Å². The molecule has 0 spiro atoms. The number of aromatic amines is 1. The maximum Gasteiger partial charge on any atom is 0.339 e. The molecule has 2 N–H and O–H groups in total. The van der Waals surface area contributed by atoms with E-state index in [1.165, 1.54) is 19.2 Å². The maximum absolute atomic E-state index is 13.8. The highest BCUT2D eigenvalue weighted by molar-refractivity contribution is 6.00. The number of hydrogen-bond donors (Lipinski definition) is 2. The average Bonchev–Trinajstić information content (AvgIpc) is 3.23. The van der Waals surface area contributed by atoms with Gasteiger partial charge in [0.05, 0.1) is 12.7 Å². The van der Waals surface area contributed by atoms with Gasteiger partial charge in [-0.3, -0.25) is 4.79 Å². The lowest BCUT2D eigenvalue weighted by Gasteiger charge is -2.06. The molecule has 2 atom stereocenters. The lowest BCUT2D eigenvalue weighted by molar-refractivity contribution is 0.0599. The molecule has 0 radical (unpaired) electrons. The SMILES string of the molecule is COC(=O)c1c(C)[nH]c(C(=O)N[C@@H]2C[C@@H]2c2ccc(F)cc2F)c1C. The van der Waals surface area contributed by atoms with E-state index in [0.29, 0.717) is 28.8 Å². The summed E-state index contributed by atoms with van der Waals surface area (Å²) in [5.41, 5.74) is 2.06. The first-order chi connectivity index (χ1) is 11.8. The topological polar surface area (TPSA) is 71.2 Å². The van der Waals surface area contributed by atoms with Gasteiger partial charge in [0.25, 0.3) is 5.91 Å². The van der Waals surface area contributed by atoms with Gasteiger partial charge < -0.3 is 15.0 Å². The second-order valence-electron chi connectivity index (χ2n) is 6.20. The molecule has 0 bridgehead atoms. The van der Waals surface area contributed by atoms with Crippen molar-refractivity contribution in [2.75, 3.05) is 7.11 Å². The smallest absolute Gasteiger partial charge is 0.339 e. The predicted octanol–water partition coefficient (Wildman–Crippen LogP) is 2.98. The molecule has 1 aromatic carbocycles. The standard InChI is InChI=1S/C18H18F2N2O3/c1-8-15(18(24)25-3)9(2)21-16(8)17(23)22-14-7-12(14)11-5-4-10(19)6-13(11)20/h4-6,12,14,21H,7H2,1-3H3,(H,22,23)/t12-,14-/m1/s1. The minimum absolute atomic E-state index is 0.180. The molecule has 0 aliphatic heterocycles. The Bertz CT molecular complexity index is 860. The monoisotopic (exact) mass is 348 g/mol. The van der Waals surface area contributed by atoms with Gasteiger partial charge in [0.2, 0.25) is 0 Å². The van der Waals surface area contributed by atoms with Crippen molar-refractivity contribution in [2.45, 2.75) is 32.2 Å². The zero-order valence-corrected chi connectivity index (χ0v) is 14.1. The van der Waals surface area contributed by atoms with Gasteiger partial charge >= 0.3 is 5.97 Å². The van der Waals surface area contributed by atoms with E-state index < -0.39 is 17.6 Å². The molecular weight excluding hydrogens is 330 g/mol. The molecule has 1 aliphatic rings. The zero-order valence-electron chi connectivity index (χ0n) is 14.1. The van der Waals surface area contributed by atoms with E-state index in [0.717, 1.165) is 6.07 Å². The lowest BCUT2D eigenvalue weighted by Crippen LogP contribution is -2.27. The zero-order chi connectivity index (χ0) is 18.3. The van der Waals surface area contributed by atoms with Crippen LogP contribution < -0.4 is 5.32 Å². The Morgan fingerprint density at radius 2 is 2.00 bits per heavy atom. The molecule has 1 aromatic heterocycles. The summed E-state index contributed by atoms with van der Waals surface area (Å²) < 4.78 is 31.5. The third kappa shape index (κ3) is 3.14. The molecule has 1 aliphatic carbocycles. The molecule has 7 heteroatoms. The number of carbonyl (C=O) groups excluding carboxylic acids is 2. The number of amides is 1. The molecular formula is C18H18F2N2O3. The van der Waals surface area contributed by atoms with Crippen molar-refractivity contribution in [3.05, 3.63) is 57.9 Å². The Balaban J connectivity index is 1.73. The summed E-state index contributed by atoms with van der Waals surface area (Å²) in [6.07, 6.45) is 0.580. The van der Waals surface area contributed by atoms with Gasteiger partial charge in [-0.1, -0.05) is 6.07 Å². The minimum Gasteiger partial charge on any atom is -0.465 e. The van der Waals surface area contributed by atoms with Crippen LogP contribution in [-0.2, 0) is 4.74 Å². The number of hydrogen-bond acceptors (Lipinski definition) is 3. The number of nitrogens with one attached hydrogen (secondary N) is 2. The summed E-state index contributed by atoms with van der Waals surface area (Å²) in [6, 6.07) is 3.22. The largest absolute Gasteiger partial charge is 0.465 e. The molecule has 1 saturated carbocycles. The normalized spacial score (nSPS) is 18.8. The first-order valence-corrected chi connectivity index (χ1v) is 7.86. The summed E-state index contributed by atoms with van der Waals surface area (Å²) >= 11 is 0. The number of aryl methyl sites for hydroxylation is 1. The summed E-state index contributed by atoms with van der Waals surface area (Å²) in [5, 5.41) is 2.82. The molecule has 132 valence electrons. The van der Waals surface area contributed by atoms with Gasteiger partial charge in [0, 0.05) is 23.7 Å². The number of ether oxygens (including phenoxy) is 1. The van der Waals surface area contributed by atoms with E-state index in [1.807, 2.05) is 0 Å². The number of aromatic nitrogens is 1. The van der Waals surface area contributed by atoms with Crippen LogP contribution in [0.5, 0.6) is 0 Å². The van der Waals surface area contributed by atoms with E-state index >= 15 is 0 Å². The minimum atomic E-state index is -0.629. The fraction of sp³-hybridized carbons (Fsp3) is 0.333. The number of methoxy groups -OCH3 is 1. The van der Waals surface area contributed by atoms with Gasteiger partial charge in [0.15, 0.2) is 0 Å². The third-order valence-corrected chi connectivity index (χ3v) is 4.52. The Morgan fingerprint density at radius 1 is 1.28 bits per heavy atom. The quantitative estimate of drug-likeness (QED) is 0.835. The molecule has 5 nitrogen and oxygen atoms in total. The van der Waals surface area contributed by atoms with Crippen molar-refractivity contribution in [1.82, 2.24) is 10.3 Å². The second-order valence-corrected chi connectivity index (χ2v) is 6.20. The number of halogens is 2. The Hall–Kier alpha value is -2.70. The number of rotatable bonds is 4. The highest BCUT2D eigenvalue weighted by Crippen LogP contribution is 2.42. The van der Waals surface area contributed by atoms with Crippen LogP contribution in [0.1, 0.15) is 50.0 Å². The van der Waals surface area contributed by atoms with Crippen LogP contribution in [0.2, 0.25) is 0 Å². The molecule has 1 heterocycles. The van der Waals surface area contributed by atoms with Crippen LogP contribution >= 0.6 is 0 Å². The first-order valence-electron chi connectivity index (χ1n) is 7.86. The van der Waals surface area contributed by atoms with Crippen molar-refractivity contribution in [1.29, 1.82) is 0 Å². The average molecular weight is 348 g/mol. The van der Waals surface area contributed by atoms with Crippen molar-refractivity contribution in [3.63, 3.8) is 0 Å². The summed E-state index contributed by atoms with van der Waals surface area (Å²) in [6.45, 7) is 3.35. The fourth-order valence-corrected chi connectivity index (χ4v) is 3.13. The van der Waals surface area contributed by atoms with Crippen LogP contribution in [0.3, 0.4) is 0 Å². The number of benzene rings is 1. The van der Waals surface area contributed by atoms with Crippen LogP contribution in [0.4, 0.5) is 8.78 Å². The van der Waals surface area contributed by atoms with Crippen LogP contribution in [0.15, 0.2) is 18.2 Å². The van der Waals surface area contributed by atoms with Crippen molar-refractivity contribution < 1.29 is 23.1 Å². The van der Waals surface area contributed by atoms with E-state index in [9.17, 15) is 18.4 Å². The molecule has 3 rings (SSSR count). The molecule has 1 fully saturated rings. The maximum atomic E-state index is 13.8. The summed E-state index contributed by atoms with van der Waals surface area (Å²) in [4.78, 5) is 27.1. The molecule has 25 heavy (non-hydrogen) atoms. The Morgan fingerprint density at radius 3 is 2.64 bits per heavy atom. The molecule has 0 saturated heterocycles. The van der Waals surface area contributed by atoms with Crippen LogP contribution in [-0.4, -0.2) is 30.0 Å². The molecule has 2 aromatic rings. The number of carbonyl (C=O) groups is 2.